The molecular weight excluding hydrogens is 405 g/mol. The van der Waals surface area contributed by atoms with Crippen LogP contribution >= 0.6 is 0 Å². The molecule has 1 N–H and O–H groups in total. The van der Waals surface area contributed by atoms with Crippen LogP contribution in [0.1, 0.15) is 34.5 Å². The fourth-order valence-corrected chi connectivity index (χ4v) is 4.46. The molecule has 0 aliphatic carbocycles. The summed E-state index contributed by atoms with van der Waals surface area (Å²) in [5.41, 5.74) is 2.57. The van der Waals surface area contributed by atoms with Crippen molar-refractivity contribution in [3.05, 3.63) is 65.0 Å². The number of sulfone groups is 1. The summed E-state index contributed by atoms with van der Waals surface area (Å²) in [4.78, 5) is 17.2. The Labute approximate surface area is 177 Å². The first-order valence-corrected chi connectivity index (χ1v) is 12.0. The summed E-state index contributed by atoms with van der Waals surface area (Å²) in [6.07, 6.45) is 1.16. The van der Waals surface area contributed by atoms with Crippen LogP contribution in [0.15, 0.2) is 42.5 Å². The highest BCUT2D eigenvalue weighted by Crippen LogP contribution is 2.28. The average Bonchev–Trinajstić information content (AvgIpc) is 2.67. The van der Waals surface area contributed by atoms with Gasteiger partial charge in [-0.3, -0.25) is 4.79 Å². The highest BCUT2D eigenvalue weighted by atomic mass is 32.2. The molecule has 1 saturated heterocycles. The number of carbonyl (C=O) groups is 1. The molecule has 3 rings (SSSR count). The zero-order valence-electron chi connectivity index (χ0n) is 17.6. The summed E-state index contributed by atoms with van der Waals surface area (Å²) >= 11 is 0. The van der Waals surface area contributed by atoms with E-state index in [1.165, 1.54) is 12.1 Å². The number of anilines is 1. The van der Waals surface area contributed by atoms with Crippen LogP contribution in [0, 0.1) is 5.82 Å². The lowest BCUT2D eigenvalue weighted by Gasteiger charge is -2.36. The number of likely N-dealkylation sites (N-methyl/N-ethyl adjacent to an activating group) is 1. The Hall–Kier alpha value is -2.45. The van der Waals surface area contributed by atoms with Crippen LogP contribution in [0.5, 0.6) is 0 Å². The average molecular weight is 434 g/mol. The molecule has 0 bridgehead atoms. The summed E-state index contributed by atoms with van der Waals surface area (Å²) < 4.78 is 37.1. The van der Waals surface area contributed by atoms with Crippen LogP contribution in [0.4, 0.5) is 10.1 Å². The van der Waals surface area contributed by atoms with Crippen molar-refractivity contribution in [1.82, 2.24) is 10.2 Å². The number of rotatable bonds is 6. The molecule has 1 heterocycles. The van der Waals surface area contributed by atoms with Gasteiger partial charge in [-0.15, -0.1) is 0 Å². The first-order valence-electron chi connectivity index (χ1n) is 9.93. The number of nitrogens with one attached hydrogen (secondary N) is 1. The Morgan fingerprint density at radius 3 is 2.50 bits per heavy atom. The molecule has 2 aromatic rings. The van der Waals surface area contributed by atoms with E-state index in [0.717, 1.165) is 43.7 Å². The van der Waals surface area contributed by atoms with Crippen molar-refractivity contribution in [2.24, 2.45) is 0 Å². The summed E-state index contributed by atoms with van der Waals surface area (Å²) in [6, 6.07) is 10.8. The van der Waals surface area contributed by atoms with Gasteiger partial charge in [0.15, 0.2) is 9.84 Å². The van der Waals surface area contributed by atoms with Gasteiger partial charge in [-0.25, -0.2) is 12.8 Å². The molecule has 1 atom stereocenters. The minimum Gasteiger partial charge on any atom is -0.369 e. The molecule has 6 nitrogen and oxygen atoms in total. The van der Waals surface area contributed by atoms with E-state index in [9.17, 15) is 17.6 Å². The van der Waals surface area contributed by atoms with Gasteiger partial charge in [0.1, 0.15) is 5.82 Å². The molecule has 1 amide bonds. The smallest absolute Gasteiger partial charge is 0.251 e. The van der Waals surface area contributed by atoms with Gasteiger partial charge in [-0.1, -0.05) is 12.1 Å². The van der Waals surface area contributed by atoms with Crippen LogP contribution < -0.4 is 10.2 Å². The van der Waals surface area contributed by atoms with Gasteiger partial charge in [0.05, 0.1) is 11.8 Å². The van der Waals surface area contributed by atoms with Crippen LogP contribution in [-0.4, -0.2) is 58.7 Å². The zero-order chi connectivity index (χ0) is 21.9. The van der Waals surface area contributed by atoms with E-state index in [1.54, 1.807) is 30.3 Å². The van der Waals surface area contributed by atoms with Crippen LogP contribution in [0.25, 0.3) is 0 Å². The molecule has 1 unspecified atom stereocenters. The van der Waals surface area contributed by atoms with Crippen molar-refractivity contribution >= 4 is 21.4 Å². The molecule has 0 saturated carbocycles. The Morgan fingerprint density at radius 1 is 1.13 bits per heavy atom. The molecule has 162 valence electrons. The number of benzene rings is 2. The van der Waals surface area contributed by atoms with Crippen molar-refractivity contribution < 1.29 is 17.6 Å². The Balaban J connectivity index is 1.79. The fraction of sp³-hybridized carbons (Fsp3) is 0.409. The van der Waals surface area contributed by atoms with Gasteiger partial charge in [0, 0.05) is 49.2 Å². The topological polar surface area (TPSA) is 69.7 Å². The summed E-state index contributed by atoms with van der Waals surface area (Å²) in [6.45, 7) is 5.34. The van der Waals surface area contributed by atoms with Crippen molar-refractivity contribution in [3.8, 4) is 0 Å². The highest BCUT2D eigenvalue weighted by Gasteiger charge is 2.21. The molecule has 0 aromatic heterocycles. The van der Waals surface area contributed by atoms with Crippen LogP contribution in [0.3, 0.4) is 0 Å². The molecule has 1 aliphatic rings. The zero-order valence-corrected chi connectivity index (χ0v) is 18.4. The van der Waals surface area contributed by atoms with Gasteiger partial charge in [0.25, 0.3) is 5.91 Å². The van der Waals surface area contributed by atoms with E-state index >= 15 is 0 Å². The normalized spacial score (nSPS) is 16.3. The van der Waals surface area contributed by atoms with Crippen molar-refractivity contribution in [2.75, 3.05) is 44.4 Å². The minimum absolute atomic E-state index is 0.124. The highest BCUT2D eigenvalue weighted by molar-refractivity contribution is 7.89. The number of piperazine rings is 1. The molecule has 0 radical (unpaired) electrons. The summed E-state index contributed by atoms with van der Waals surface area (Å²) in [5, 5.41) is 2.93. The SMILES string of the molecule is CC(NC(=O)c1cccc(CS(C)(=O)=O)c1)c1cc(F)ccc1N1CCN(C)CC1. The van der Waals surface area contributed by atoms with Gasteiger partial charge in [0.2, 0.25) is 0 Å². The summed E-state index contributed by atoms with van der Waals surface area (Å²) in [5.74, 6) is -0.799. The maximum Gasteiger partial charge on any atom is 0.251 e. The lowest BCUT2D eigenvalue weighted by Crippen LogP contribution is -2.45. The second-order valence-electron chi connectivity index (χ2n) is 7.96. The van der Waals surface area contributed by atoms with Crippen molar-refractivity contribution in [2.45, 2.75) is 18.7 Å². The fourth-order valence-electron chi connectivity index (χ4n) is 3.67. The largest absolute Gasteiger partial charge is 0.369 e. The van der Waals surface area contributed by atoms with E-state index in [0.29, 0.717) is 11.1 Å². The van der Waals surface area contributed by atoms with Crippen molar-refractivity contribution in [1.29, 1.82) is 0 Å². The second-order valence-corrected chi connectivity index (χ2v) is 10.1. The van der Waals surface area contributed by atoms with E-state index in [1.807, 2.05) is 6.92 Å². The van der Waals surface area contributed by atoms with Gasteiger partial charge in [-0.05, 0) is 49.9 Å². The molecule has 30 heavy (non-hydrogen) atoms. The van der Waals surface area contributed by atoms with Crippen LogP contribution in [0.2, 0.25) is 0 Å². The van der Waals surface area contributed by atoms with Gasteiger partial charge >= 0.3 is 0 Å². The third-order valence-corrected chi connectivity index (χ3v) is 6.12. The predicted octanol–water partition coefficient (Wildman–Crippen LogP) is 2.61. The maximum atomic E-state index is 14.0. The quantitative estimate of drug-likeness (QED) is 0.759. The third-order valence-electron chi connectivity index (χ3n) is 5.27. The minimum atomic E-state index is -3.19. The van der Waals surface area contributed by atoms with E-state index in [-0.39, 0.29) is 17.5 Å². The number of halogens is 1. The first kappa shape index (κ1) is 22.2. The van der Waals surface area contributed by atoms with E-state index in [4.69, 9.17) is 0 Å². The molecular formula is C22H28FN3O3S. The Bertz CT molecular complexity index is 1020. The number of hydrogen-bond donors (Lipinski definition) is 1. The van der Waals surface area contributed by atoms with Crippen LogP contribution in [-0.2, 0) is 15.6 Å². The number of nitrogens with zero attached hydrogens (tertiary/aromatic N) is 2. The van der Waals surface area contributed by atoms with E-state index in [2.05, 4.69) is 22.2 Å². The van der Waals surface area contributed by atoms with Crippen molar-refractivity contribution in [3.63, 3.8) is 0 Å². The summed E-state index contributed by atoms with van der Waals surface area (Å²) in [7, 11) is -1.12. The van der Waals surface area contributed by atoms with E-state index < -0.39 is 15.9 Å². The molecule has 0 spiro atoms. The molecule has 1 aliphatic heterocycles. The molecule has 8 heteroatoms. The maximum absolute atomic E-state index is 14.0. The standard InChI is InChI=1S/C22H28FN3O3S/c1-16(24-22(27)18-6-4-5-17(13-18)15-30(3,28)29)20-14-19(23)7-8-21(20)26-11-9-25(2)10-12-26/h4-8,13-14,16H,9-12,15H2,1-3H3,(H,24,27). The number of hydrogen-bond acceptors (Lipinski definition) is 5. The number of carbonyl (C=O) groups excluding carboxylic acids is 1. The number of amides is 1. The predicted molar refractivity (Wildman–Crippen MR) is 117 cm³/mol. The third kappa shape index (κ3) is 5.79. The first-order chi connectivity index (χ1) is 14.1. The van der Waals surface area contributed by atoms with Gasteiger partial charge in [-0.2, -0.15) is 0 Å². The Kier molecular flexibility index (Phi) is 6.77. The molecule has 2 aromatic carbocycles. The van der Waals surface area contributed by atoms with Gasteiger partial charge < -0.3 is 15.1 Å². The lowest BCUT2D eigenvalue weighted by atomic mass is 10.0. The monoisotopic (exact) mass is 433 g/mol. The Morgan fingerprint density at radius 2 is 1.83 bits per heavy atom. The lowest BCUT2D eigenvalue weighted by molar-refractivity contribution is 0.0939. The molecule has 1 fully saturated rings. The second kappa shape index (κ2) is 9.14.